The lowest BCUT2D eigenvalue weighted by Crippen LogP contribution is -2.19. The fraction of sp³-hybridized carbons (Fsp3) is 0.389. The summed E-state index contributed by atoms with van der Waals surface area (Å²) in [5.74, 6) is 0.918. The van der Waals surface area contributed by atoms with Crippen molar-refractivity contribution >= 4 is 0 Å². The third kappa shape index (κ3) is 4.87. The molecular formula is C18H24N2O. The van der Waals surface area contributed by atoms with E-state index in [4.69, 9.17) is 4.74 Å². The van der Waals surface area contributed by atoms with E-state index in [0.717, 1.165) is 30.8 Å². The smallest absolute Gasteiger partial charge is 0.119 e. The van der Waals surface area contributed by atoms with Crippen molar-refractivity contribution in [3.8, 4) is 5.75 Å². The molecule has 0 spiro atoms. The number of pyridine rings is 1. The van der Waals surface area contributed by atoms with Crippen molar-refractivity contribution in [3.05, 3.63) is 59.9 Å². The molecule has 2 rings (SSSR count). The van der Waals surface area contributed by atoms with Crippen molar-refractivity contribution in [2.24, 2.45) is 0 Å². The van der Waals surface area contributed by atoms with Gasteiger partial charge >= 0.3 is 0 Å². The minimum Gasteiger partial charge on any atom is -0.493 e. The summed E-state index contributed by atoms with van der Waals surface area (Å²) in [6, 6.07) is 14.8. The second-order valence-corrected chi connectivity index (χ2v) is 5.01. The Kier molecular flexibility index (Phi) is 6.22. The summed E-state index contributed by atoms with van der Waals surface area (Å²) >= 11 is 0. The van der Waals surface area contributed by atoms with E-state index < -0.39 is 0 Å². The van der Waals surface area contributed by atoms with Crippen LogP contribution < -0.4 is 10.1 Å². The van der Waals surface area contributed by atoms with Crippen molar-refractivity contribution in [1.29, 1.82) is 0 Å². The zero-order valence-electron chi connectivity index (χ0n) is 12.9. The molecule has 1 heterocycles. The molecule has 21 heavy (non-hydrogen) atoms. The number of nitrogens with zero attached hydrogens (tertiary/aromatic N) is 1. The van der Waals surface area contributed by atoms with Gasteiger partial charge in [0.25, 0.3) is 0 Å². The molecule has 0 saturated carbocycles. The van der Waals surface area contributed by atoms with Crippen molar-refractivity contribution < 1.29 is 4.74 Å². The Morgan fingerprint density at radius 3 is 2.52 bits per heavy atom. The molecule has 1 aromatic carbocycles. The maximum Gasteiger partial charge on any atom is 0.119 e. The fourth-order valence-corrected chi connectivity index (χ4v) is 2.36. The van der Waals surface area contributed by atoms with Gasteiger partial charge in [0.2, 0.25) is 0 Å². The summed E-state index contributed by atoms with van der Waals surface area (Å²) in [4.78, 5) is 4.29. The Bertz CT molecular complexity index is 511. The first kappa shape index (κ1) is 15.5. The number of benzene rings is 1. The maximum absolute atomic E-state index is 5.78. The standard InChI is InChI=1S/C18H24N2O/c1-3-18(19-4-2)15-8-10-17(11-9-15)21-14-12-16-7-5-6-13-20-16/h5-11,13,18-19H,3-4,12,14H2,1-2H3. The van der Waals surface area contributed by atoms with Crippen molar-refractivity contribution in [2.75, 3.05) is 13.2 Å². The SMILES string of the molecule is CCNC(CC)c1ccc(OCCc2ccccn2)cc1. The van der Waals surface area contributed by atoms with E-state index in [9.17, 15) is 0 Å². The van der Waals surface area contributed by atoms with Crippen LogP contribution in [0, 0.1) is 0 Å². The van der Waals surface area contributed by atoms with E-state index in [-0.39, 0.29) is 0 Å². The summed E-state index contributed by atoms with van der Waals surface area (Å²) in [6.45, 7) is 5.98. The quantitative estimate of drug-likeness (QED) is 0.801. The van der Waals surface area contributed by atoms with Gasteiger partial charge in [0.15, 0.2) is 0 Å². The van der Waals surface area contributed by atoms with Crippen molar-refractivity contribution in [2.45, 2.75) is 32.7 Å². The molecule has 0 aliphatic heterocycles. The minimum atomic E-state index is 0.428. The molecule has 1 N–H and O–H groups in total. The second kappa shape index (κ2) is 8.42. The van der Waals surface area contributed by atoms with E-state index in [1.165, 1.54) is 5.56 Å². The molecule has 0 bridgehead atoms. The second-order valence-electron chi connectivity index (χ2n) is 5.01. The van der Waals surface area contributed by atoms with Crippen LogP contribution in [0.15, 0.2) is 48.7 Å². The van der Waals surface area contributed by atoms with Crippen LogP contribution in [0.3, 0.4) is 0 Å². The molecule has 2 aromatic rings. The highest BCUT2D eigenvalue weighted by molar-refractivity contribution is 5.29. The van der Waals surface area contributed by atoms with Crippen LogP contribution in [0.1, 0.15) is 37.6 Å². The van der Waals surface area contributed by atoms with Gasteiger partial charge in [0.05, 0.1) is 6.61 Å². The first-order chi connectivity index (χ1) is 10.3. The Morgan fingerprint density at radius 2 is 1.90 bits per heavy atom. The van der Waals surface area contributed by atoms with Crippen LogP contribution >= 0.6 is 0 Å². The largest absolute Gasteiger partial charge is 0.493 e. The van der Waals surface area contributed by atoms with Gasteiger partial charge < -0.3 is 10.1 Å². The number of ether oxygens (including phenoxy) is 1. The predicted octanol–water partition coefficient (Wildman–Crippen LogP) is 3.76. The Labute approximate surface area is 127 Å². The van der Waals surface area contributed by atoms with E-state index in [0.29, 0.717) is 12.6 Å². The normalized spacial score (nSPS) is 12.1. The zero-order chi connectivity index (χ0) is 14.9. The van der Waals surface area contributed by atoms with E-state index in [2.05, 4.69) is 36.3 Å². The average Bonchev–Trinajstić information content (AvgIpc) is 2.54. The lowest BCUT2D eigenvalue weighted by molar-refractivity contribution is 0.320. The highest BCUT2D eigenvalue weighted by Gasteiger charge is 2.07. The molecule has 0 aliphatic carbocycles. The van der Waals surface area contributed by atoms with Crippen molar-refractivity contribution in [3.63, 3.8) is 0 Å². The summed E-state index contributed by atoms with van der Waals surface area (Å²) in [5.41, 5.74) is 2.38. The summed E-state index contributed by atoms with van der Waals surface area (Å²) in [6.07, 6.45) is 3.74. The number of rotatable bonds is 8. The van der Waals surface area contributed by atoms with Crippen LogP contribution in [-0.2, 0) is 6.42 Å². The maximum atomic E-state index is 5.78. The Hall–Kier alpha value is -1.87. The highest BCUT2D eigenvalue weighted by Crippen LogP contribution is 2.20. The molecule has 1 unspecified atom stereocenters. The van der Waals surface area contributed by atoms with Gasteiger partial charge in [-0.1, -0.05) is 32.0 Å². The molecule has 112 valence electrons. The molecule has 0 fully saturated rings. The lowest BCUT2D eigenvalue weighted by atomic mass is 10.0. The van der Waals surface area contributed by atoms with Gasteiger partial charge in [0.1, 0.15) is 5.75 Å². The fourth-order valence-electron chi connectivity index (χ4n) is 2.36. The third-order valence-electron chi connectivity index (χ3n) is 3.49. The van der Waals surface area contributed by atoms with Crippen LogP contribution in [0.4, 0.5) is 0 Å². The zero-order valence-corrected chi connectivity index (χ0v) is 12.9. The van der Waals surface area contributed by atoms with E-state index >= 15 is 0 Å². The molecule has 0 saturated heterocycles. The molecule has 3 nitrogen and oxygen atoms in total. The first-order valence-electron chi connectivity index (χ1n) is 7.69. The van der Waals surface area contributed by atoms with Gasteiger partial charge in [-0.2, -0.15) is 0 Å². The van der Waals surface area contributed by atoms with Gasteiger partial charge in [0, 0.05) is 24.4 Å². The van der Waals surface area contributed by atoms with Crippen LogP contribution in [0.25, 0.3) is 0 Å². The van der Waals surface area contributed by atoms with Crippen LogP contribution in [0.5, 0.6) is 5.75 Å². The van der Waals surface area contributed by atoms with Gasteiger partial charge in [-0.25, -0.2) is 0 Å². The number of aromatic nitrogens is 1. The molecule has 0 radical (unpaired) electrons. The van der Waals surface area contributed by atoms with Gasteiger partial charge in [-0.05, 0) is 42.8 Å². The summed E-state index contributed by atoms with van der Waals surface area (Å²) in [5, 5.41) is 3.48. The Balaban J connectivity index is 1.84. The summed E-state index contributed by atoms with van der Waals surface area (Å²) < 4.78 is 5.78. The Morgan fingerprint density at radius 1 is 1.10 bits per heavy atom. The van der Waals surface area contributed by atoms with E-state index in [1.54, 1.807) is 0 Å². The topological polar surface area (TPSA) is 34.1 Å². The molecule has 1 atom stereocenters. The predicted molar refractivity (Wildman–Crippen MR) is 86.6 cm³/mol. The third-order valence-corrected chi connectivity index (χ3v) is 3.49. The molecular weight excluding hydrogens is 260 g/mol. The van der Waals surface area contributed by atoms with Crippen LogP contribution in [0.2, 0.25) is 0 Å². The van der Waals surface area contributed by atoms with E-state index in [1.807, 2.05) is 36.5 Å². The summed E-state index contributed by atoms with van der Waals surface area (Å²) in [7, 11) is 0. The van der Waals surface area contributed by atoms with Gasteiger partial charge in [-0.3, -0.25) is 4.98 Å². The van der Waals surface area contributed by atoms with Crippen molar-refractivity contribution in [1.82, 2.24) is 10.3 Å². The number of hydrogen-bond acceptors (Lipinski definition) is 3. The first-order valence-corrected chi connectivity index (χ1v) is 7.69. The molecule has 0 aliphatic rings. The monoisotopic (exact) mass is 284 g/mol. The number of hydrogen-bond donors (Lipinski definition) is 1. The molecule has 0 amide bonds. The highest BCUT2D eigenvalue weighted by atomic mass is 16.5. The van der Waals surface area contributed by atoms with Crippen LogP contribution in [-0.4, -0.2) is 18.1 Å². The van der Waals surface area contributed by atoms with Gasteiger partial charge in [-0.15, -0.1) is 0 Å². The molecule has 1 aromatic heterocycles. The molecule has 3 heteroatoms. The lowest BCUT2D eigenvalue weighted by Gasteiger charge is -2.16. The number of nitrogens with one attached hydrogen (secondary N) is 1. The minimum absolute atomic E-state index is 0.428. The average molecular weight is 284 g/mol.